The summed E-state index contributed by atoms with van der Waals surface area (Å²) in [6.45, 7) is 4.67. The average Bonchev–Trinajstić information content (AvgIpc) is 2.69. The Balaban J connectivity index is 2.58. The van der Waals surface area contributed by atoms with Crippen LogP contribution in [0.4, 0.5) is 4.79 Å². The summed E-state index contributed by atoms with van der Waals surface area (Å²) >= 11 is 0. The van der Waals surface area contributed by atoms with Gasteiger partial charge in [-0.3, -0.25) is 14.4 Å². The monoisotopic (exact) mass is 435 g/mol. The molecule has 0 bridgehead atoms. The lowest BCUT2D eigenvalue weighted by molar-refractivity contribution is -0.141. The van der Waals surface area contributed by atoms with Gasteiger partial charge in [0, 0.05) is 12.6 Å². The van der Waals surface area contributed by atoms with Gasteiger partial charge < -0.3 is 30.5 Å². The molecule has 0 fully saturated rings. The number of aromatic hydroxyl groups is 1. The lowest BCUT2D eigenvalue weighted by Gasteiger charge is -2.23. The normalized spacial score (nSPS) is 12.0. The molecule has 10 nitrogen and oxygen atoms in total. The van der Waals surface area contributed by atoms with Gasteiger partial charge >= 0.3 is 12.1 Å². The lowest BCUT2D eigenvalue weighted by Crippen LogP contribution is -2.50. The van der Waals surface area contributed by atoms with Crippen molar-refractivity contribution in [2.45, 2.75) is 45.3 Å². The number of alkyl carbamates (subject to hydrolysis) is 1. The van der Waals surface area contributed by atoms with Gasteiger partial charge in [0.15, 0.2) is 0 Å². The van der Waals surface area contributed by atoms with E-state index in [1.54, 1.807) is 39.0 Å². The third-order valence-corrected chi connectivity index (χ3v) is 3.71. The molecule has 10 heteroatoms. The molecule has 0 aliphatic carbocycles. The topological polar surface area (TPSA) is 143 Å². The zero-order valence-corrected chi connectivity index (χ0v) is 18.1. The van der Waals surface area contributed by atoms with Gasteiger partial charge in [-0.15, -0.1) is 0 Å². The largest absolute Gasteiger partial charge is 0.508 e. The van der Waals surface area contributed by atoms with E-state index in [4.69, 9.17) is 4.74 Å². The van der Waals surface area contributed by atoms with Crippen LogP contribution in [-0.2, 0) is 23.9 Å². The number of methoxy groups -OCH3 is 1. The Labute approximate surface area is 181 Å². The predicted molar refractivity (Wildman–Crippen MR) is 113 cm³/mol. The van der Waals surface area contributed by atoms with Crippen molar-refractivity contribution >= 4 is 30.0 Å². The molecule has 0 unspecified atom stereocenters. The van der Waals surface area contributed by atoms with E-state index < -0.39 is 35.5 Å². The van der Waals surface area contributed by atoms with Gasteiger partial charge in [0.25, 0.3) is 0 Å². The molecule has 1 atom stereocenters. The van der Waals surface area contributed by atoms with E-state index >= 15 is 0 Å². The summed E-state index contributed by atoms with van der Waals surface area (Å²) in [5, 5.41) is 16.5. The first-order valence-electron chi connectivity index (χ1n) is 9.59. The summed E-state index contributed by atoms with van der Waals surface area (Å²) in [4.78, 5) is 47.7. The third kappa shape index (κ3) is 11.3. The summed E-state index contributed by atoms with van der Waals surface area (Å²) in [6.07, 6.45) is 2.06. The van der Waals surface area contributed by atoms with Crippen molar-refractivity contribution < 1.29 is 33.8 Å². The second kappa shape index (κ2) is 12.2. The summed E-state index contributed by atoms with van der Waals surface area (Å²) in [6, 6.07) is 5.25. The smallest absolute Gasteiger partial charge is 0.408 e. The number of amides is 3. The number of ether oxygens (including phenoxy) is 2. The molecular weight excluding hydrogens is 406 g/mol. The standard InChI is InChI=1S/C21H29N3O7/c1-21(2,3)31-20(29)24-16(9-10-18(27)30-4)19(28)23-13-17(26)22-12-11-14-5-7-15(25)8-6-14/h5-8,11-12,16,25H,9-10,13H2,1-4H3,(H,22,26)(H,23,28)(H,24,29)/b12-11+/t16-/m0/s1. The minimum absolute atomic E-state index is 0.0277. The fraction of sp³-hybridized carbons (Fsp3) is 0.429. The molecule has 1 aromatic carbocycles. The van der Waals surface area contributed by atoms with Gasteiger partial charge in [-0.05, 0) is 51.0 Å². The van der Waals surface area contributed by atoms with Crippen LogP contribution in [0.25, 0.3) is 6.08 Å². The highest BCUT2D eigenvalue weighted by Gasteiger charge is 2.25. The first-order chi connectivity index (χ1) is 14.5. The molecule has 0 aliphatic heterocycles. The highest BCUT2D eigenvalue weighted by atomic mass is 16.6. The number of phenols is 1. The van der Waals surface area contributed by atoms with Crippen LogP contribution >= 0.6 is 0 Å². The molecule has 0 saturated carbocycles. The summed E-state index contributed by atoms with van der Waals surface area (Å²) in [5.74, 6) is -1.55. The van der Waals surface area contributed by atoms with E-state index in [0.717, 1.165) is 5.56 Å². The van der Waals surface area contributed by atoms with Crippen LogP contribution in [0.5, 0.6) is 5.75 Å². The number of benzene rings is 1. The van der Waals surface area contributed by atoms with Crippen LogP contribution in [0.1, 0.15) is 39.2 Å². The van der Waals surface area contributed by atoms with E-state index in [9.17, 15) is 24.3 Å². The minimum Gasteiger partial charge on any atom is -0.508 e. The van der Waals surface area contributed by atoms with Crippen LogP contribution in [0.2, 0.25) is 0 Å². The molecule has 1 rings (SSSR count). The number of rotatable bonds is 9. The highest BCUT2D eigenvalue weighted by molar-refractivity contribution is 5.90. The Morgan fingerprint density at radius 2 is 1.77 bits per heavy atom. The van der Waals surface area contributed by atoms with E-state index in [1.807, 2.05) is 0 Å². The van der Waals surface area contributed by atoms with Crippen molar-refractivity contribution in [3.8, 4) is 5.75 Å². The Hall–Kier alpha value is -3.56. The van der Waals surface area contributed by atoms with E-state index in [-0.39, 0.29) is 25.1 Å². The van der Waals surface area contributed by atoms with Crippen LogP contribution < -0.4 is 16.0 Å². The van der Waals surface area contributed by atoms with Crippen molar-refractivity contribution in [3.63, 3.8) is 0 Å². The van der Waals surface area contributed by atoms with Crippen LogP contribution in [0.15, 0.2) is 30.5 Å². The van der Waals surface area contributed by atoms with Crippen LogP contribution in [-0.4, -0.2) is 54.3 Å². The van der Waals surface area contributed by atoms with Crippen molar-refractivity contribution in [1.82, 2.24) is 16.0 Å². The van der Waals surface area contributed by atoms with E-state index in [1.165, 1.54) is 25.4 Å². The molecule has 170 valence electrons. The van der Waals surface area contributed by atoms with Gasteiger partial charge in [-0.1, -0.05) is 12.1 Å². The Morgan fingerprint density at radius 1 is 1.13 bits per heavy atom. The number of carbonyl (C=O) groups is 4. The van der Waals surface area contributed by atoms with Crippen LogP contribution in [0, 0.1) is 0 Å². The van der Waals surface area contributed by atoms with Crippen molar-refractivity contribution in [2.75, 3.05) is 13.7 Å². The fourth-order valence-corrected chi connectivity index (χ4v) is 2.24. The molecule has 0 spiro atoms. The number of esters is 1. The SMILES string of the molecule is COC(=O)CC[C@H](NC(=O)OC(C)(C)C)C(=O)NCC(=O)N/C=C/c1ccc(O)cc1. The lowest BCUT2D eigenvalue weighted by atomic mass is 10.1. The molecule has 0 saturated heterocycles. The molecule has 31 heavy (non-hydrogen) atoms. The maximum absolute atomic E-state index is 12.4. The first-order valence-corrected chi connectivity index (χ1v) is 9.59. The fourth-order valence-electron chi connectivity index (χ4n) is 2.24. The Morgan fingerprint density at radius 3 is 2.35 bits per heavy atom. The molecular formula is C21H29N3O7. The number of hydrogen-bond donors (Lipinski definition) is 4. The minimum atomic E-state index is -1.09. The quantitative estimate of drug-likeness (QED) is 0.430. The van der Waals surface area contributed by atoms with Crippen molar-refractivity contribution in [2.24, 2.45) is 0 Å². The van der Waals surface area contributed by atoms with Gasteiger partial charge in [-0.2, -0.15) is 0 Å². The third-order valence-electron chi connectivity index (χ3n) is 3.71. The zero-order chi connectivity index (χ0) is 23.4. The maximum Gasteiger partial charge on any atom is 0.408 e. The number of phenolic OH excluding ortho intramolecular Hbond substituents is 1. The van der Waals surface area contributed by atoms with Crippen molar-refractivity contribution in [3.05, 3.63) is 36.0 Å². The molecule has 0 heterocycles. The molecule has 0 radical (unpaired) electrons. The number of nitrogens with one attached hydrogen (secondary N) is 3. The predicted octanol–water partition coefficient (Wildman–Crippen LogP) is 1.44. The van der Waals surface area contributed by atoms with Crippen LogP contribution in [0.3, 0.4) is 0 Å². The Bertz CT molecular complexity index is 798. The number of carbonyl (C=O) groups excluding carboxylic acids is 4. The molecule has 4 N–H and O–H groups in total. The summed E-state index contributed by atoms with van der Waals surface area (Å²) < 4.78 is 9.68. The highest BCUT2D eigenvalue weighted by Crippen LogP contribution is 2.10. The molecule has 0 aromatic heterocycles. The van der Waals surface area contributed by atoms with Crippen molar-refractivity contribution in [1.29, 1.82) is 0 Å². The Kier molecular flexibility index (Phi) is 10.0. The second-order valence-electron chi connectivity index (χ2n) is 7.52. The summed E-state index contributed by atoms with van der Waals surface area (Å²) in [5.41, 5.74) is -0.0106. The second-order valence-corrected chi connectivity index (χ2v) is 7.52. The van der Waals surface area contributed by atoms with Gasteiger partial charge in [0.1, 0.15) is 17.4 Å². The molecule has 3 amide bonds. The van der Waals surface area contributed by atoms with E-state index in [0.29, 0.717) is 0 Å². The van der Waals surface area contributed by atoms with E-state index in [2.05, 4.69) is 20.7 Å². The molecule has 1 aromatic rings. The zero-order valence-electron chi connectivity index (χ0n) is 18.1. The van der Waals surface area contributed by atoms with Gasteiger partial charge in [-0.25, -0.2) is 4.79 Å². The molecule has 0 aliphatic rings. The average molecular weight is 435 g/mol. The van der Waals surface area contributed by atoms with Gasteiger partial charge in [0.2, 0.25) is 11.8 Å². The van der Waals surface area contributed by atoms with Gasteiger partial charge in [0.05, 0.1) is 13.7 Å². The number of hydrogen-bond acceptors (Lipinski definition) is 7. The first kappa shape index (κ1) is 25.5. The summed E-state index contributed by atoms with van der Waals surface area (Å²) in [7, 11) is 1.22. The maximum atomic E-state index is 12.4.